The molecular weight excluding hydrogens is 274 g/mol. The molecule has 0 spiro atoms. The van der Waals surface area contributed by atoms with E-state index in [1.807, 2.05) is 0 Å². The van der Waals surface area contributed by atoms with Crippen molar-refractivity contribution in [1.29, 1.82) is 0 Å². The first-order valence-corrected chi connectivity index (χ1v) is 6.39. The fraction of sp³-hybridized carbons (Fsp3) is 0.333. The largest absolute Gasteiger partial charge is 0.507 e. The monoisotopic (exact) mass is 293 g/mol. The van der Waals surface area contributed by atoms with Crippen molar-refractivity contribution in [3.63, 3.8) is 0 Å². The third-order valence-corrected chi connectivity index (χ3v) is 2.34. The summed E-state index contributed by atoms with van der Waals surface area (Å²) in [4.78, 5) is 22.2. The second-order valence-corrected chi connectivity index (χ2v) is 5.36. The number of amides is 1. The standard InChI is InChI=1S/C15H19NO5/c1-15(2,3)21-14(20)16-8-4-5-10-9-11(13(18)19)6-7-12(10)17/h4-7,9,17H,8H2,1-3H3,(H,16,20)(H,18,19). The van der Waals surface area contributed by atoms with Gasteiger partial charge in [0.25, 0.3) is 0 Å². The molecular formula is C15H19NO5. The lowest BCUT2D eigenvalue weighted by Crippen LogP contribution is -2.32. The molecule has 0 aliphatic carbocycles. The highest BCUT2D eigenvalue weighted by Gasteiger charge is 2.15. The van der Waals surface area contributed by atoms with Crippen LogP contribution in [-0.4, -0.2) is 34.4 Å². The molecule has 0 saturated heterocycles. The maximum absolute atomic E-state index is 11.4. The van der Waals surface area contributed by atoms with Crippen molar-refractivity contribution in [2.24, 2.45) is 0 Å². The predicted octanol–water partition coefficient (Wildman–Crippen LogP) is 2.63. The van der Waals surface area contributed by atoms with Crippen molar-refractivity contribution in [2.45, 2.75) is 26.4 Å². The molecule has 21 heavy (non-hydrogen) atoms. The number of ether oxygens (including phenoxy) is 1. The summed E-state index contributed by atoms with van der Waals surface area (Å²) in [6.45, 7) is 5.49. The van der Waals surface area contributed by atoms with Crippen LogP contribution in [0.25, 0.3) is 6.08 Å². The molecule has 0 unspecified atom stereocenters. The van der Waals surface area contributed by atoms with E-state index in [0.717, 1.165) is 0 Å². The lowest BCUT2D eigenvalue weighted by atomic mass is 10.1. The number of nitrogens with one attached hydrogen (secondary N) is 1. The molecule has 0 aromatic heterocycles. The van der Waals surface area contributed by atoms with E-state index in [2.05, 4.69) is 5.32 Å². The summed E-state index contributed by atoms with van der Waals surface area (Å²) < 4.78 is 5.05. The lowest BCUT2D eigenvalue weighted by Gasteiger charge is -2.19. The highest BCUT2D eigenvalue weighted by atomic mass is 16.6. The van der Waals surface area contributed by atoms with Crippen molar-refractivity contribution < 1.29 is 24.5 Å². The number of aromatic hydroxyl groups is 1. The van der Waals surface area contributed by atoms with Gasteiger partial charge in [-0.15, -0.1) is 0 Å². The SMILES string of the molecule is CC(C)(C)OC(=O)NCC=Cc1cc(C(=O)O)ccc1O. The normalized spacial score (nSPS) is 11.4. The Morgan fingerprint density at radius 1 is 1.33 bits per heavy atom. The van der Waals surface area contributed by atoms with Crippen LogP contribution < -0.4 is 5.32 Å². The predicted molar refractivity (Wildman–Crippen MR) is 78.3 cm³/mol. The summed E-state index contributed by atoms with van der Waals surface area (Å²) in [5, 5.41) is 21.0. The number of carbonyl (C=O) groups excluding carboxylic acids is 1. The highest BCUT2D eigenvalue weighted by molar-refractivity contribution is 5.88. The zero-order valence-electron chi connectivity index (χ0n) is 12.2. The van der Waals surface area contributed by atoms with Crippen LogP contribution >= 0.6 is 0 Å². The Bertz CT molecular complexity index is 558. The Morgan fingerprint density at radius 2 is 2.00 bits per heavy atom. The fourth-order valence-corrected chi connectivity index (χ4v) is 1.46. The molecule has 0 aliphatic rings. The summed E-state index contributed by atoms with van der Waals surface area (Å²) >= 11 is 0. The number of phenols is 1. The van der Waals surface area contributed by atoms with E-state index >= 15 is 0 Å². The Labute approximate surface area is 123 Å². The summed E-state index contributed by atoms with van der Waals surface area (Å²) in [6.07, 6.45) is 2.57. The molecule has 6 heteroatoms. The van der Waals surface area contributed by atoms with Gasteiger partial charge in [0.1, 0.15) is 11.4 Å². The second kappa shape index (κ2) is 6.78. The van der Waals surface area contributed by atoms with Gasteiger partial charge >= 0.3 is 12.1 Å². The van der Waals surface area contributed by atoms with Crippen molar-refractivity contribution in [1.82, 2.24) is 5.32 Å². The van der Waals surface area contributed by atoms with Crippen LogP contribution in [0.1, 0.15) is 36.7 Å². The van der Waals surface area contributed by atoms with Gasteiger partial charge in [-0.25, -0.2) is 9.59 Å². The fourth-order valence-electron chi connectivity index (χ4n) is 1.46. The molecule has 3 N–H and O–H groups in total. The van der Waals surface area contributed by atoms with Gasteiger partial charge in [-0.3, -0.25) is 0 Å². The molecule has 0 radical (unpaired) electrons. The molecule has 1 amide bonds. The van der Waals surface area contributed by atoms with E-state index in [9.17, 15) is 14.7 Å². The molecule has 0 atom stereocenters. The van der Waals surface area contributed by atoms with Crippen molar-refractivity contribution >= 4 is 18.1 Å². The van der Waals surface area contributed by atoms with Gasteiger partial charge in [0, 0.05) is 12.1 Å². The van der Waals surface area contributed by atoms with Crippen LogP contribution in [-0.2, 0) is 4.74 Å². The van der Waals surface area contributed by atoms with Gasteiger partial charge in [-0.1, -0.05) is 12.2 Å². The number of hydrogen-bond donors (Lipinski definition) is 3. The van der Waals surface area contributed by atoms with E-state index < -0.39 is 17.7 Å². The van der Waals surface area contributed by atoms with Gasteiger partial charge < -0.3 is 20.3 Å². The first-order chi connectivity index (χ1) is 9.69. The van der Waals surface area contributed by atoms with E-state index in [4.69, 9.17) is 9.84 Å². The molecule has 0 aliphatic heterocycles. The molecule has 1 aromatic carbocycles. The molecule has 0 bridgehead atoms. The van der Waals surface area contributed by atoms with Crippen molar-refractivity contribution in [3.8, 4) is 5.75 Å². The van der Waals surface area contributed by atoms with Crippen LogP contribution in [0.2, 0.25) is 0 Å². The average Bonchev–Trinajstić information content (AvgIpc) is 2.34. The molecule has 1 rings (SSSR count). The minimum atomic E-state index is -1.07. The number of carbonyl (C=O) groups is 2. The zero-order valence-corrected chi connectivity index (χ0v) is 12.2. The number of carboxylic acid groups (broad SMARTS) is 1. The van der Waals surface area contributed by atoms with Crippen LogP contribution in [0, 0.1) is 0 Å². The van der Waals surface area contributed by atoms with Crippen molar-refractivity contribution in [3.05, 3.63) is 35.4 Å². The summed E-state index contributed by atoms with van der Waals surface area (Å²) in [6, 6.07) is 3.97. The Balaban J connectivity index is 2.60. The number of alkyl carbamates (subject to hydrolysis) is 1. The quantitative estimate of drug-likeness (QED) is 0.793. The van der Waals surface area contributed by atoms with Gasteiger partial charge in [0.2, 0.25) is 0 Å². The Kier molecular flexibility index (Phi) is 5.35. The second-order valence-electron chi connectivity index (χ2n) is 5.36. The van der Waals surface area contributed by atoms with Crippen LogP contribution in [0.15, 0.2) is 24.3 Å². The summed E-state index contributed by atoms with van der Waals surface area (Å²) in [7, 11) is 0. The van der Waals surface area contributed by atoms with E-state index in [1.165, 1.54) is 24.3 Å². The van der Waals surface area contributed by atoms with Gasteiger partial charge in [-0.05, 0) is 39.0 Å². The number of rotatable bonds is 4. The highest BCUT2D eigenvalue weighted by Crippen LogP contribution is 2.19. The third-order valence-electron chi connectivity index (χ3n) is 2.34. The Morgan fingerprint density at radius 3 is 2.57 bits per heavy atom. The number of aromatic carboxylic acids is 1. The molecule has 1 aromatic rings. The van der Waals surface area contributed by atoms with E-state index in [1.54, 1.807) is 26.8 Å². The van der Waals surface area contributed by atoms with E-state index in [-0.39, 0.29) is 17.9 Å². The zero-order chi connectivity index (χ0) is 16.0. The number of benzene rings is 1. The average molecular weight is 293 g/mol. The van der Waals surface area contributed by atoms with Crippen LogP contribution in [0.3, 0.4) is 0 Å². The number of hydrogen-bond acceptors (Lipinski definition) is 4. The number of phenolic OH excluding ortho intramolecular Hbond substituents is 1. The minimum absolute atomic E-state index is 0.0338. The molecule has 0 saturated carbocycles. The molecule has 0 heterocycles. The molecule has 0 fully saturated rings. The lowest BCUT2D eigenvalue weighted by molar-refractivity contribution is 0.0533. The first-order valence-electron chi connectivity index (χ1n) is 6.39. The van der Waals surface area contributed by atoms with Crippen LogP contribution in [0.4, 0.5) is 4.79 Å². The van der Waals surface area contributed by atoms with Crippen LogP contribution in [0.5, 0.6) is 5.75 Å². The summed E-state index contributed by atoms with van der Waals surface area (Å²) in [5.74, 6) is -1.11. The smallest absolute Gasteiger partial charge is 0.407 e. The Hall–Kier alpha value is -2.50. The maximum atomic E-state index is 11.4. The summed E-state index contributed by atoms with van der Waals surface area (Å²) in [5.41, 5.74) is -0.129. The molecule has 6 nitrogen and oxygen atoms in total. The molecule has 114 valence electrons. The maximum Gasteiger partial charge on any atom is 0.407 e. The van der Waals surface area contributed by atoms with Gasteiger partial charge in [-0.2, -0.15) is 0 Å². The van der Waals surface area contributed by atoms with E-state index in [0.29, 0.717) is 5.56 Å². The number of carboxylic acids is 1. The van der Waals surface area contributed by atoms with Crippen molar-refractivity contribution in [2.75, 3.05) is 6.54 Å². The minimum Gasteiger partial charge on any atom is -0.507 e. The topological polar surface area (TPSA) is 95.9 Å². The first kappa shape index (κ1) is 16.6. The van der Waals surface area contributed by atoms with Gasteiger partial charge in [0.15, 0.2) is 0 Å². The van der Waals surface area contributed by atoms with Gasteiger partial charge in [0.05, 0.1) is 5.56 Å². The third kappa shape index (κ3) is 5.99.